The van der Waals surface area contributed by atoms with Crippen LogP contribution in [0.5, 0.6) is 5.75 Å². The number of carbonyl (C=O) groups excluding carboxylic acids is 4. The van der Waals surface area contributed by atoms with E-state index in [1.807, 2.05) is 13.8 Å². The molecule has 1 heterocycles. The van der Waals surface area contributed by atoms with Crippen molar-refractivity contribution >= 4 is 23.4 Å². The molecule has 27 heavy (non-hydrogen) atoms. The average Bonchev–Trinajstić information content (AvgIpc) is 2.62. The van der Waals surface area contributed by atoms with Gasteiger partial charge in [0.05, 0.1) is 5.56 Å². The summed E-state index contributed by atoms with van der Waals surface area (Å²) >= 11 is 0. The molecule has 1 fully saturated rings. The molecule has 0 spiro atoms. The number of nitrogens with one attached hydrogen (secondary N) is 1. The van der Waals surface area contributed by atoms with Gasteiger partial charge >= 0.3 is 0 Å². The number of carbonyl (C=O) groups is 4. The standard InChI is InChI=1S/C10H10O3.C9H15NO2.C2H6/c1-6(11)8-4-3-5-9(13)10(8)7(2)12;1-3-6(2)7-4-5-8(11)10-9(7)12;1-2/h3-5,13H,1-2H3;6-7H,3-5H2,1-2H3,(H,10,11,12);1-2H3. The van der Waals surface area contributed by atoms with Crippen LogP contribution in [0.4, 0.5) is 0 Å². The fraction of sp³-hybridized carbons (Fsp3) is 0.524. The maximum atomic E-state index is 11.3. The van der Waals surface area contributed by atoms with Crippen LogP contribution in [-0.2, 0) is 9.59 Å². The van der Waals surface area contributed by atoms with E-state index in [0.717, 1.165) is 12.8 Å². The summed E-state index contributed by atoms with van der Waals surface area (Å²) in [5, 5.41) is 11.7. The molecule has 2 amide bonds. The molecular weight excluding hydrogens is 346 g/mol. The Bertz CT molecular complexity index is 681. The number of amides is 2. The summed E-state index contributed by atoms with van der Waals surface area (Å²) in [6.45, 7) is 10.8. The van der Waals surface area contributed by atoms with Crippen LogP contribution in [0.2, 0.25) is 0 Å². The number of phenols is 1. The predicted molar refractivity (Wildman–Crippen MR) is 105 cm³/mol. The van der Waals surface area contributed by atoms with Gasteiger partial charge < -0.3 is 5.11 Å². The number of hydrogen-bond acceptors (Lipinski definition) is 5. The van der Waals surface area contributed by atoms with Crippen LogP contribution < -0.4 is 5.32 Å². The van der Waals surface area contributed by atoms with Crippen LogP contribution in [0.25, 0.3) is 0 Å². The highest BCUT2D eigenvalue weighted by molar-refractivity contribution is 6.08. The Hall–Kier alpha value is -2.50. The lowest BCUT2D eigenvalue weighted by molar-refractivity contribution is -0.137. The van der Waals surface area contributed by atoms with E-state index in [1.165, 1.54) is 26.0 Å². The molecular formula is C21H31NO5. The van der Waals surface area contributed by atoms with Crippen LogP contribution in [0.3, 0.4) is 0 Å². The second-order valence-corrected chi connectivity index (χ2v) is 6.26. The minimum atomic E-state index is -0.302. The molecule has 2 unspecified atom stereocenters. The number of Topliss-reactive ketones (excluding diaryl/α,β-unsaturated/α-hetero) is 2. The monoisotopic (exact) mass is 377 g/mol. The topological polar surface area (TPSA) is 101 Å². The van der Waals surface area contributed by atoms with Crippen molar-refractivity contribution in [3.63, 3.8) is 0 Å². The molecule has 2 atom stereocenters. The third kappa shape index (κ3) is 7.33. The van der Waals surface area contributed by atoms with E-state index < -0.39 is 0 Å². The van der Waals surface area contributed by atoms with Crippen LogP contribution in [0.1, 0.15) is 81.5 Å². The lowest BCUT2D eigenvalue weighted by Gasteiger charge is -2.25. The van der Waals surface area contributed by atoms with Gasteiger partial charge in [-0.3, -0.25) is 24.5 Å². The Morgan fingerprint density at radius 2 is 1.78 bits per heavy atom. The first kappa shape index (κ1) is 24.5. The minimum absolute atomic E-state index is 0.0488. The zero-order valence-corrected chi connectivity index (χ0v) is 17.1. The van der Waals surface area contributed by atoms with Crippen molar-refractivity contribution < 1.29 is 24.3 Å². The van der Waals surface area contributed by atoms with E-state index in [-0.39, 0.29) is 46.2 Å². The number of rotatable bonds is 4. The van der Waals surface area contributed by atoms with Gasteiger partial charge in [-0.2, -0.15) is 0 Å². The summed E-state index contributed by atoms with van der Waals surface area (Å²) in [4.78, 5) is 44.2. The number of imide groups is 1. The minimum Gasteiger partial charge on any atom is -0.507 e. The van der Waals surface area contributed by atoms with E-state index >= 15 is 0 Å². The van der Waals surface area contributed by atoms with E-state index in [9.17, 15) is 24.3 Å². The van der Waals surface area contributed by atoms with E-state index in [2.05, 4.69) is 19.2 Å². The van der Waals surface area contributed by atoms with Crippen LogP contribution in [0.15, 0.2) is 18.2 Å². The highest BCUT2D eigenvalue weighted by Crippen LogP contribution is 2.23. The van der Waals surface area contributed by atoms with Gasteiger partial charge in [0.1, 0.15) is 5.75 Å². The van der Waals surface area contributed by atoms with Gasteiger partial charge in [0, 0.05) is 17.9 Å². The summed E-state index contributed by atoms with van der Waals surface area (Å²) in [7, 11) is 0. The first-order valence-corrected chi connectivity index (χ1v) is 9.36. The summed E-state index contributed by atoms with van der Waals surface area (Å²) in [5.41, 5.74) is 0.377. The van der Waals surface area contributed by atoms with Gasteiger partial charge in [0.15, 0.2) is 11.6 Å². The summed E-state index contributed by atoms with van der Waals surface area (Å²) in [6.07, 6.45) is 2.21. The fourth-order valence-electron chi connectivity index (χ4n) is 2.74. The van der Waals surface area contributed by atoms with Crippen molar-refractivity contribution in [3.05, 3.63) is 29.3 Å². The molecule has 0 aliphatic carbocycles. The maximum Gasteiger partial charge on any atom is 0.229 e. The number of ketones is 2. The van der Waals surface area contributed by atoms with Gasteiger partial charge in [-0.15, -0.1) is 0 Å². The Kier molecular flexibility index (Phi) is 10.9. The highest BCUT2D eigenvalue weighted by atomic mass is 16.3. The van der Waals surface area contributed by atoms with Crippen molar-refractivity contribution in [3.8, 4) is 5.75 Å². The third-order valence-corrected chi connectivity index (χ3v) is 4.39. The fourth-order valence-corrected chi connectivity index (χ4v) is 2.74. The third-order valence-electron chi connectivity index (χ3n) is 4.39. The molecule has 1 aliphatic heterocycles. The molecule has 0 aromatic heterocycles. The second-order valence-electron chi connectivity index (χ2n) is 6.26. The lowest BCUT2D eigenvalue weighted by Crippen LogP contribution is -2.42. The molecule has 1 aliphatic rings. The largest absolute Gasteiger partial charge is 0.507 e. The normalized spacial score (nSPS) is 16.7. The Balaban J connectivity index is 0.000000460. The number of phenolic OH excluding ortho intramolecular Hbond substituents is 1. The van der Waals surface area contributed by atoms with Crippen molar-refractivity contribution in [2.75, 3.05) is 0 Å². The van der Waals surface area contributed by atoms with Crippen LogP contribution >= 0.6 is 0 Å². The molecule has 0 radical (unpaired) electrons. The molecule has 1 aromatic rings. The molecule has 150 valence electrons. The summed E-state index contributed by atoms with van der Waals surface area (Å²) in [6, 6.07) is 4.46. The Morgan fingerprint density at radius 1 is 1.19 bits per heavy atom. The highest BCUT2D eigenvalue weighted by Gasteiger charge is 2.29. The lowest BCUT2D eigenvalue weighted by atomic mass is 9.85. The quantitative estimate of drug-likeness (QED) is 0.612. The molecule has 6 heteroatoms. The van der Waals surface area contributed by atoms with Crippen molar-refractivity contribution in [2.45, 2.75) is 60.8 Å². The molecule has 2 rings (SSSR count). The van der Waals surface area contributed by atoms with E-state index in [0.29, 0.717) is 12.3 Å². The first-order chi connectivity index (χ1) is 12.7. The molecule has 1 aromatic carbocycles. The van der Waals surface area contributed by atoms with E-state index in [1.54, 1.807) is 6.07 Å². The SMILES string of the molecule is CC.CC(=O)c1cccc(O)c1C(C)=O.CCC(C)C1CCC(=O)NC1=O. The molecule has 0 bridgehead atoms. The van der Waals surface area contributed by atoms with Crippen LogP contribution in [-0.4, -0.2) is 28.5 Å². The van der Waals surface area contributed by atoms with Crippen LogP contribution in [0, 0.1) is 11.8 Å². The number of aromatic hydroxyl groups is 1. The second kappa shape index (κ2) is 12.0. The van der Waals surface area contributed by atoms with Gasteiger partial charge in [-0.05, 0) is 32.3 Å². The average molecular weight is 377 g/mol. The Labute approximate surface area is 161 Å². The first-order valence-electron chi connectivity index (χ1n) is 9.36. The van der Waals surface area contributed by atoms with Gasteiger partial charge in [-0.1, -0.05) is 46.2 Å². The molecule has 0 saturated carbocycles. The molecule has 1 saturated heterocycles. The zero-order valence-electron chi connectivity index (χ0n) is 17.1. The smallest absolute Gasteiger partial charge is 0.229 e. The Morgan fingerprint density at radius 3 is 2.19 bits per heavy atom. The van der Waals surface area contributed by atoms with Gasteiger partial charge in [0.2, 0.25) is 11.8 Å². The predicted octanol–water partition coefficient (Wildman–Crippen LogP) is 3.91. The van der Waals surface area contributed by atoms with E-state index in [4.69, 9.17) is 0 Å². The molecule has 2 N–H and O–H groups in total. The summed E-state index contributed by atoms with van der Waals surface area (Å²) < 4.78 is 0. The van der Waals surface area contributed by atoms with Gasteiger partial charge in [0.25, 0.3) is 0 Å². The summed E-state index contributed by atoms with van der Waals surface area (Å²) in [5.74, 6) is -0.435. The zero-order chi connectivity index (χ0) is 21.1. The van der Waals surface area contributed by atoms with Crippen molar-refractivity contribution in [1.82, 2.24) is 5.32 Å². The number of hydrogen-bond donors (Lipinski definition) is 2. The van der Waals surface area contributed by atoms with Gasteiger partial charge in [-0.25, -0.2) is 0 Å². The number of piperidine rings is 1. The van der Waals surface area contributed by atoms with Crippen molar-refractivity contribution in [2.24, 2.45) is 11.8 Å². The number of benzene rings is 1. The van der Waals surface area contributed by atoms with Crippen molar-refractivity contribution in [1.29, 1.82) is 0 Å². The maximum absolute atomic E-state index is 11.3. The molecule has 6 nitrogen and oxygen atoms in total.